The topological polar surface area (TPSA) is 64.0 Å². The summed E-state index contributed by atoms with van der Waals surface area (Å²) in [4.78, 5) is 3.35. The monoisotopic (exact) mass is 409 g/mol. The van der Waals surface area contributed by atoms with Gasteiger partial charge in [-0.25, -0.2) is 9.41 Å². The van der Waals surface area contributed by atoms with Crippen LogP contribution in [-0.2, 0) is 9.09 Å². The lowest BCUT2D eigenvalue weighted by molar-refractivity contribution is 0.340. The molecular formula is C16H17BrN3O3P. The predicted molar refractivity (Wildman–Crippen MR) is 99.9 cm³/mol. The summed E-state index contributed by atoms with van der Waals surface area (Å²) >= 11 is 3.41. The van der Waals surface area contributed by atoms with Crippen molar-refractivity contribution in [3.05, 3.63) is 58.4 Å². The molecule has 0 fully saturated rings. The van der Waals surface area contributed by atoms with Crippen molar-refractivity contribution in [3.63, 3.8) is 0 Å². The van der Waals surface area contributed by atoms with E-state index in [4.69, 9.17) is 15.8 Å². The predicted octanol–water partition coefficient (Wildman–Crippen LogP) is 5.68. The highest BCUT2D eigenvalue weighted by Crippen LogP contribution is 2.49. The third-order valence-corrected chi connectivity index (χ3v) is 5.42. The van der Waals surface area contributed by atoms with Crippen LogP contribution in [0.2, 0.25) is 0 Å². The van der Waals surface area contributed by atoms with E-state index in [9.17, 15) is 4.57 Å². The first kappa shape index (κ1) is 18.3. The van der Waals surface area contributed by atoms with Gasteiger partial charge in [0.05, 0.1) is 31.7 Å². The Balaban J connectivity index is 2.33. The molecule has 0 aliphatic heterocycles. The Hall–Kier alpha value is -2.00. The van der Waals surface area contributed by atoms with Crippen LogP contribution in [0.3, 0.4) is 0 Å². The fraction of sp³-hybridized carbons (Fsp3) is 0.188. The van der Waals surface area contributed by atoms with E-state index >= 15 is 0 Å². The molecule has 0 radical (unpaired) electrons. The number of benzene rings is 2. The molecule has 8 heteroatoms. The summed E-state index contributed by atoms with van der Waals surface area (Å²) in [7, 11) is -1.95. The zero-order valence-electron chi connectivity index (χ0n) is 13.2. The molecule has 0 aliphatic carbocycles. The molecule has 0 spiro atoms. The maximum absolute atomic E-state index is 13.1. The minimum Gasteiger partial charge on any atom is -0.496 e. The molecule has 1 atom stereocenters. The highest BCUT2D eigenvalue weighted by atomic mass is 79.9. The number of anilines is 2. The molecule has 0 saturated heterocycles. The van der Waals surface area contributed by atoms with Gasteiger partial charge in [-0.15, -0.1) is 0 Å². The van der Waals surface area contributed by atoms with Gasteiger partial charge in [0.15, 0.2) is 5.69 Å². The van der Waals surface area contributed by atoms with Crippen LogP contribution in [0.4, 0.5) is 17.1 Å². The average molecular weight is 410 g/mol. The quantitative estimate of drug-likeness (QED) is 0.455. The molecule has 1 unspecified atom stereocenters. The number of para-hydroxylation sites is 1. The molecule has 2 N–H and O–H groups in total. The number of hydrogen-bond acceptors (Lipinski definition) is 3. The summed E-state index contributed by atoms with van der Waals surface area (Å²) in [6.45, 7) is 9.07. The summed E-state index contributed by atoms with van der Waals surface area (Å²) in [6, 6.07) is 12.1. The third-order valence-electron chi connectivity index (χ3n) is 3.03. The van der Waals surface area contributed by atoms with E-state index in [2.05, 4.69) is 30.9 Å². The van der Waals surface area contributed by atoms with E-state index in [0.717, 1.165) is 4.47 Å². The van der Waals surface area contributed by atoms with Gasteiger partial charge >= 0.3 is 7.67 Å². The largest absolute Gasteiger partial charge is 0.496 e. The zero-order valence-corrected chi connectivity index (χ0v) is 15.7. The lowest BCUT2D eigenvalue weighted by Gasteiger charge is -2.23. The second-order valence-electron chi connectivity index (χ2n) is 4.67. The molecule has 0 aliphatic rings. The van der Waals surface area contributed by atoms with Crippen LogP contribution >= 0.6 is 23.6 Å². The van der Waals surface area contributed by atoms with E-state index in [-0.39, 0.29) is 6.61 Å². The minimum atomic E-state index is -3.44. The molecule has 0 amide bonds. The fourth-order valence-corrected chi connectivity index (χ4v) is 4.08. The van der Waals surface area contributed by atoms with Crippen LogP contribution in [0.25, 0.3) is 4.85 Å². The second-order valence-corrected chi connectivity index (χ2v) is 7.33. The number of ether oxygens (including phenoxy) is 1. The van der Waals surface area contributed by atoms with E-state index in [1.54, 1.807) is 31.2 Å². The molecule has 0 bridgehead atoms. The molecule has 0 aromatic heterocycles. The number of nitrogens with zero attached hydrogens (tertiary/aromatic N) is 1. The first-order valence-corrected chi connectivity index (χ1v) is 9.54. The summed E-state index contributed by atoms with van der Waals surface area (Å²) in [5.41, 5.74) is 1.54. The summed E-state index contributed by atoms with van der Waals surface area (Å²) < 4.78 is 24.6. The molecule has 0 heterocycles. The molecule has 2 aromatic carbocycles. The number of halogens is 1. The van der Waals surface area contributed by atoms with Crippen LogP contribution in [0, 0.1) is 6.57 Å². The van der Waals surface area contributed by atoms with Crippen molar-refractivity contribution in [1.82, 2.24) is 0 Å². The van der Waals surface area contributed by atoms with Crippen molar-refractivity contribution in [3.8, 4) is 5.75 Å². The maximum atomic E-state index is 13.1. The van der Waals surface area contributed by atoms with Gasteiger partial charge in [-0.05, 0) is 47.1 Å². The molecule has 0 saturated carbocycles. The van der Waals surface area contributed by atoms with Crippen LogP contribution in [0.5, 0.6) is 5.75 Å². The van der Waals surface area contributed by atoms with E-state index < -0.39 is 7.67 Å². The van der Waals surface area contributed by atoms with Gasteiger partial charge in [-0.1, -0.05) is 18.2 Å². The van der Waals surface area contributed by atoms with Crippen molar-refractivity contribution < 1.29 is 13.8 Å². The van der Waals surface area contributed by atoms with Gasteiger partial charge in [-0.3, -0.25) is 14.7 Å². The van der Waals surface area contributed by atoms with Gasteiger partial charge < -0.3 is 4.74 Å². The number of methoxy groups -OCH3 is 1. The maximum Gasteiger partial charge on any atom is 0.391 e. The number of rotatable bonds is 7. The highest BCUT2D eigenvalue weighted by molar-refractivity contribution is 9.10. The first-order valence-electron chi connectivity index (χ1n) is 7.12. The number of hydrogen-bond donors (Lipinski definition) is 2. The van der Waals surface area contributed by atoms with Crippen LogP contribution in [0.1, 0.15) is 6.92 Å². The zero-order chi connectivity index (χ0) is 17.6. The Labute approximate surface area is 149 Å². The summed E-state index contributed by atoms with van der Waals surface area (Å²) in [5.74, 6) is 0.414. The van der Waals surface area contributed by atoms with Gasteiger partial charge in [0.1, 0.15) is 5.75 Å². The van der Waals surface area contributed by atoms with Gasteiger partial charge in [0, 0.05) is 4.47 Å². The van der Waals surface area contributed by atoms with E-state index in [1.807, 2.05) is 18.2 Å². The Bertz CT molecular complexity index is 807. The van der Waals surface area contributed by atoms with Crippen molar-refractivity contribution in [2.45, 2.75) is 6.92 Å². The lowest BCUT2D eigenvalue weighted by atomic mass is 10.2. The van der Waals surface area contributed by atoms with E-state index in [1.165, 1.54) is 7.11 Å². The first-order chi connectivity index (χ1) is 11.5. The van der Waals surface area contributed by atoms with Crippen molar-refractivity contribution in [1.29, 1.82) is 0 Å². The third kappa shape index (κ3) is 4.51. The van der Waals surface area contributed by atoms with Crippen LogP contribution in [0.15, 0.2) is 46.9 Å². The summed E-state index contributed by atoms with van der Waals surface area (Å²) in [5, 5.41) is 5.79. The molecule has 24 heavy (non-hydrogen) atoms. The smallest absolute Gasteiger partial charge is 0.391 e. The van der Waals surface area contributed by atoms with Crippen molar-refractivity contribution in [2.24, 2.45) is 0 Å². The molecule has 2 rings (SSSR count). The fourth-order valence-electron chi connectivity index (χ4n) is 1.99. The van der Waals surface area contributed by atoms with Gasteiger partial charge in [-0.2, -0.15) is 0 Å². The van der Waals surface area contributed by atoms with Crippen LogP contribution < -0.4 is 14.9 Å². The lowest BCUT2D eigenvalue weighted by Crippen LogP contribution is -2.10. The van der Waals surface area contributed by atoms with Crippen molar-refractivity contribution >= 4 is 40.7 Å². The Kier molecular flexibility index (Phi) is 6.27. The van der Waals surface area contributed by atoms with Gasteiger partial charge in [0.25, 0.3) is 0 Å². The second kappa shape index (κ2) is 8.20. The van der Waals surface area contributed by atoms with E-state index in [0.29, 0.717) is 22.8 Å². The Morgan fingerprint density at radius 2 is 1.92 bits per heavy atom. The standard InChI is InChI=1S/C16H17BrN3O3P/c1-4-23-24(21,19-14-8-6-5-7-13(14)17)20-15-10-9-12(18-2)11-16(15)22-3/h5-11H,4H2,1,3H3,(H2,19,20,21). The van der Waals surface area contributed by atoms with Gasteiger partial charge in [0.2, 0.25) is 0 Å². The van der Waals surface area contributed by atoms with Crippen LogP contribution in [-0.4, -0.2) is 13.7 Å². The van der Waals surface area contributed by atoms with Crippen molar-refractivity contribution in [2.75, 3.05) is 23.9 Å². The average Bonchev–Trinajstić information content (AvgIpc) is 2.57. The molecule has 126 valence electrons. The Morgan fingerprint density at radius 3 is 2.54 bits per heavy atom. The molecule has 6 nitrogen and oxygen atoms in total. The Morgan fingerprint density at radius 1 is 1.21 bits per heavy atom. The number of nitrogens with one attached hydrogen (secondary N) is 2. The highest BCUT2D eigenvalue weighted by Gasteiger charge is 2.25. The molecular weight excluding hydrogens is 393 g/mol. The normalized spacial score (nSPS) is 12.8. The summed E-state index contributed by atoms with van der Waals surface area (Å²) in [6.07, 6.45) is 0. The minimum absolute atomic E-state index is 0.254. The SMILES string of the molecule is [C-]#[N+]c1ccc(NP(=O)(Nc2ccccc2Br)OCC)c(OC)c1. The molecule has 2 aromatic rings.